The van der Waals surface area contributed by atoms with Crippen LogP contribution in [0.3, 0.4) is 0 Å². The van der Waals surface area contributed by atoms with Gasteiger partial charge in [-0.05, 0) is 42.3 Å². The third kappa shape index (κ3) is 2.90. The molecule has 19 heavy (non-hydrogen) atoms. The molecule has 2 atom stereocenters. The zero-order chi connectivity index (χ0) is 13.2. The van der Waals surface area contributed by atoms with Gasteiger partial charge in [0.2, 0.25) is 0 Å². The van der Waals surface area contributed by atoms with Crippen molar-refractivity contribution in [3.63, 3.8) is 0 Å². The maximum Gasteiger partial charge on any atom is 0.123 e. The van der Waals surface area contributed by atoms with Gasteiger partial charge in [-0.3, -0.25) is 4.21 Å². The molecular weight excluding hydrogens is 279 g/mol. The molecule has 0 aromatic heterocycles. The fourth-order valence-corrected chi connectivity index (χ4v) is 5.01. The van der Waals surface area contributed by atoms with Crippen LogP contribution in [0.25, 0.3) is 0 Å². The van der Waals surface area contributed by atoms with Gasteiger partial charge in [-0.1, -0.05) is 18.2 Å². The Kier molecular flexibility index (Phi) is 3.71. The van der Waals surface area contributed by atoms with Crippen molar-refractivity contribution >= 4 is 22.6 Å². The molecule has 0 bridgehead atoms. The minimum atomic E-state index is -1.06. The number of thioether (sulfide) groups is 1. The van der Waals surface area contributed by atoms with Crippen molar-refractivity contribution < 1.29 is 8.60 Å². The maximum atomic E-state index is 12.8. The van der Waals surface area contributed by atoms with Crippen LogP contribution in [-0.2, 0) is 17.2 Å². The van der Waals surface area contributed by atoms with Crippen LogP contribution in [0.5, 0.6) is 0 Å². The maximum absolute atomic E-state index is 12.8. The monoisotopic (exact) mass is 292 g/mol. The summed E-state index contributed by atoms with van der Waals surface area (Å²) in [6, 6.07) is 14.3. The zero-order valence-electron chi connectivity index (χ0n) is 10.2. The van der Waals surface area contributed by atoms with Gasteiger partial charge in [0.15, 0.2) is 0 Å². The van der Waals surface area contributed by atoms with Gasteiger partial charge in [0.05, 0.1) is 10.8 Å². The molecule has 1 heterocycles. The van der Waals surface area contributed by atoms with Gasteiger partial charge in [-0.25, -0.2) is 4.39 Å². The van der Waals surface area contributed by atoms with E-state index >= 15 is 0 Å². The van der Waals surface area contributed by atoms with E-state index in [2.05, 4.69) is 12.1 Å². The Morgan fingerprint density at radius 2 is 1.89 bits per heavy atom. The van der Waals surface area contributed by atoms with Crippen LogP contribution in [0.2, 0.25) is 0 Å². The first-order valence-electron chi connectivity index (χ1n) is 6.11. The molecule has 0 saturated heterocycles. The van der Waals surface area contributed by atoms with Crippen LogP contribution < -0.4 is 0 Å². The van der Waals surface area contributed by atoms with Crippen molar-refractivity contribution in [3.05, 3.63) is 59.9 Å². The van der Waals surface area contributed by atoms with E-state index in [9.17, 15) is 8.60 Å². The van der Waals surface area contributed by atoms with Gasteiger partial charge >= 0.3 is 0 Å². The predicted octanol–water partition coefficient (Wildman–Crippen LogP) is 3.65. The highest BCUT2D eigenvalue weighted by Crippen LogP contribution is 2.37. The first-order valence-corrected chi connectivity index (χ1v) is 8.31. The number of hydrogen-bond acceptors (Lipinski definition) is 2. The largest absolute Gasteiger partial charge is 0.254 e. The third-order valence-corrected chi connectivity index (χ3v) is 6.16. The second-order valence-electron chi connectivity index (χ2n) is 4.52. The lowest BCUT2D eigenvalue weighted by Crippen LogP contribution is -2.12. The summed E-state index contributed by atoms with van der Waals surface area (Å²) in [5, 5.41) is 0.350. The molecule has 2 aromatic rings. The normalized spacial score (nSPS) is 19.1. The van der Waals surface area contributed by atoms with Crippen molar-refractivity contribution in [1.82, 2.24) is 0 Å². The summed E-state index contributed by atoms with van der Waals surface area (Å²) in [4.78, 5) is 2.00. The highest BCUT2D eigenvalue weighted by Gasteiger charge is 2.23. The quantitative estimate of drug-likeness (QED) is 0.859. The average molecular weight is 292 g/mol. The predicted molar refractivity (Wildman–Crippen MR) is 77.5 cm³/mol. The highest BCUT2D eigenvalue weighted by atomic mass is 32.2. The van der Waals surface area contributed by atoms with Gasteiger partial charge in [-0.2, -0.15) is 0 Å². The lowest BCUT2D eigenvalue weighted by atomic mass is 10.1. The summed E-state index contributed by atoms with van der Waals surface area (Å²) in [7, 11) is -1.06. The molecule has 0 saturated carbocycles. The summed E-state index contributed by atoms with van der Waals surface area (Å²) in [5.74, 6) is 0.328. The molecule has 1 aliphatic rings. The fourth-order valence-electron chi connectivity index (χ4n) is 2.20. The van der Waals surface area contributed by atoms with E-state index < -0.39 is 10.8 Å². The highest BCUT2D eigenvalue weighted by molar-refractivity contribution is 8.01. The van der Waals surface area contributed by atoms with Crippen LogP contribution in [-0.4, -0.2) is 15.2 Å². The number of fused-ring (bicyclic) bond motifs is 1. The van der Waals surface area contributed by atoms with Crippen molar-refractivity contribution in [2.45, 2.75) is 21.5 Å². The molecule has 2 unspecified atom stereocenters. The molecule has 2 aromatic carbocycles. The Labute approximate surface area is 118 Å². The molecule has 0 radical (unpaired) electrons. The topological polar surface area (TPSA) is 17.1 Å². The van der Waals surface area contributed by atoms with Gasteiger partial charge in [-0.15, -0.1) is 11.8 Å². The molecule has 98 valence electrons. The van der Waals surface area contributed by atoms with Crippen LogP contribution in [0, 0.1) is 5.82 Å². The van der Waals surface area contributed by atoms with E-state index in [-0.39, 0.29) is 5.82 Å². The molecule has 0 aliphatic carbocycles. The van der Waals surface area contributed by atoms with Crippen molar-refractivity contribution in [2.24, 2.45) is 0 Å². The summed E-state index contributed by atoms with van der Waals surface area (Å²) in [6.07, 6.45) is 0.966. The fraction of sp³-hybridized carbons (Fsp3) is 0.200. The SMILES string of the molecule is O=S(CC1Cc2ccccc2S1)c1ccc(F)cc1. The smallest absolute Gasteiger partial charge is 0.123 e. The summed E-state index contributed by atoms with van der Waals surface area (Å²) < 4.78 is 25.1. The van der Waals surface area contributed by atoms with Crippen LogP contribution in [0.4, 0.5) is 4.39 Å². The van der Waals surface area contributed by atoms with Crippen LogP contribution in [0.15, 0.2) is 58.3 Å². The number of hydrogen-bond donors (Lipinski definition) is 0. The minimum Gasteiger partial charge on any atom is -0.254 e. The van der Waals surface area contributed by atoms with E-state index in [4.69, 9.17) is 0 Å². The second-order valence-corrected chi connectivity index (χ2v) is 7.36. The molecule has 0 N–H and O–H groups in total. The standard InChI is InChI=1S/C15H13FOS2/c16-12-5-7-14(8-6-12)19(17)10-13-9-11-3-1-2-4-15(11)18-13/h1-8,13H,9-10H2. The first-order chi connectivity index (χ1) is 9.22. The first kappa shape index (κ1) is 12.9. The van der Waals surface area contributed by atoms with Gasteiger partial charge < -0.3 is 0 Å². The van der Waals surface area contributed by atoms with E-state index in [1.807, 2.05) is 12.1 Å². The Morgan fingerprint density at radius 1 is 1.16 bits per heavy atom. The Morgan fingerprint density at radius 3 is 2.63 bits per heavy atom. The molecular formula is C15H13FOS2. The molecule has 0 amide bonds. The molecule has 4 heteroatoms. The lowest BCUT2D eigenvalue weighted by molar-refractivity contribution is 0.626. The van der Waals surface area contributed by atoms with E-state index in [1.165, 1.54) is 22.6 Å². The lowest BCUT2D eigenvalue weighted by Gasteiger charge is -2.08. The molecule has 3 rings (SSSR count). The van der Waals surface area contributed by atoms with Crippen molar-refractivity contribution in [2.75, 3.05) is 5.75 Å². The second kappa shape index (κ2) is 5.47. The Bertz CT molecular complexity index is 585. The van der Waals surface area contributed by atoms with E-state index in [0.717, 1.165) is 6.42 Å². The molecule has 1 aliphatic heterocycles. The van der Waals surface area contributed by atoms with Gasteiger partial charge in [0.25, 0.3) is 0 Å². The van der Waals surface area contributed by atoms with E-state index in [0.29, 0.717) is 15.9 Å². The van der Waals surface area contributed by atoms with Gasteiger partial charge in [0.1, 0.15) is 5.82 Å². The molecule has 0 fully saturated rings. The average Bonchev–Trinajstić information content (AvgIpc) is 2.81. The minimum absolute atomic E-state index is 0.289. The van der Waals surface area contributed by atoms with E-state index in [1.54, 1.807) is 23.9 Å². The van der Waals surface area contributed by atoms with Gasteiger partial charge in [0, 0.05) is 20.8 Å². The molecule has 1 nitrogen and oxygen atoms in total. The number of halogens is 1. The van der Waals surface area contributed by atoms with Crippen molar-refractivity contribution in [3.8, 4) is 0 Å². The molecule has 0 spiro atoms. The third-order valence-electron chi connectivity index (χ3n) is 3.13. The Hall–Kier alpha value is -1.13. The van der Waals surface area contributed by atoms with Crippen LogP contribution >= 0.6 is 11.8 Å². The zero-order valence-corrected chi connectivity index (χ0v) is 11.8. The Balaban J connectivity index is 1.67. The summed E-state index contributed by atoms with van der Waals surface area (Å²) in [5.41, 5.74) is 1.34. The van der Waals surface area contributed by atoms with Crippen LogP contribution in [0.1, 0.15) is 5.56 Å². The summed E-state index contributed by atoms with van der Waals surface area (Å²) >= 11 is 1.80. The summed E-state index contributed by atoms with van der Waals surface area (Å²) in [6.45, 7) is 0. The number of benzene rings is 2. The van der Waals surface area contributed by atoms with Crippen molar-refractivity contribution in [1.29, 1.82) is 0 Å². The number of rotatable bonds is 3.